The van der Waals surface area contributed by atoms with Crippen molar-refractivity contribution in [3.8, 4) is 0 Å². The van der Waals surface area contributed by atoms with Gasteiger partial charge in [-0.05, 0) is 61.5 Å². The molecule has 0 aromatic carbocycles. The van der Waals surface area contributed by atoms with E-state index in [9.17, 15) is 13.2 Å². The first-order chi connectivity index (χ1) is 12.0. The summed E-state index contributed by atoms with van der Waals surface area (Å²) >= 11 is 3.20. The van der Waals surface area contributed by atoms with E-state index in [0.29, 0.717) is 17.6 Å². The summed E-state index contributed by atoms with van der Waals surface area (Å²) in [5, 5.41) is 1.62. The zero-order valence-electron chi connectivity index (χ0n) is 15.2. The van der Waals surface area contributed by atoms with E-state index >= 15 is 0 Å². The van der Waals surface area contributed by atoms with Crippen molar-refractivity contribution in [1.82, 2.24) is 14.8 Å². The fraction of sp³-hybridized carbons (Fsp3) is 0.625. The fourth-order valence-corrected chi connectivity index (χ4v) is 4.19. The van der Waals surface area contributed by atoms with Crippen LogP contribution < -0.4 is 10.5 Å². The Morgan fingerprint density at radius 1 is 1.50 bits per heavy atom. The molecule has 0 saturated carbocycles. The molecular weight excluding hydrogens is 424 g/mol. The maximum atomic E-state index is 12.5. The molecular formula is C16H25BrN4O4S. The molecule has 2 rings (SSSR count). The van der Waals surface area contributed by atoms with Crippen molar-refractivity contribution >= 4 is 37.7 Å². The highest BCUT2D eigenvalue weighted by molar-refractivity contribution is 9.10. The van der Waals surface area contributed by atoms with Crippen LogP contribution in [-0.2, 0) is 19.7 Å². The fourth-order valence-electron chi connectivity index (χ4n) is 2.48. The van der Waals surface area contributed by atoms with Crippen molar-refractivity contribution in [3.05, 3.63) is 16.7 Å². The van der Waals surface area contributed by atoms with E-state index in [1.54, 1.807) is 25.8 Å². The number of nitrogens with zero attached hydrogens (tertiary/aromatic N) is 2. The predicted molar refractivity (Wildman–Crippen MR) is 101 cm³/mol. The van der Waals surface area contributed by atoms with Gasteiger partial charge in [0.2, 0.25) is 10.0 Å². The van der Waals surface area contributed by atoms with E-state index in [4.69, 9.17) is 10.6 Å². The van der Waals surface area contributed by atoms with Crippen LogP contribution in [-0.4, -0.2) is 44.1 Å². The summed E-state index contributed by atoms with van der Waals surface area (Å²) in [6.07, 6.45) is 3.11. The van der Waals surface area contributed by atoms with Gasteiger partial charge in [0.05, 0.1) is 5.41 Å². The van der Waals surface area contributed by atoms with Crippen LogP contribution >= 0.6 is 15.9 Å². The van der Waals surface area contributed by atoms with Gasteiger partial charge in [-0.1, -0.05) is 0 Å². The summed E-state index contributed by atoms with van der Waals surface area (Å²) < 4.78 is 28.1. The summed E-state index contributed by atoms with van der Waals surface area (Å²) in [5.41, 5.74) is 5.10. The van der Waals surface area contributed by atoms with E-state index in [1.165, 1.54) is 12.3 Å². The smallest absolute Gasteiger partial charge is 0.330 e. The van der Waals surface area contributed by atoms with Crippen LogP contribution in [0.2, 0.25) is 0 Å². The molecule has 0 spiro atoms. The minimum absolute atomic E-state index is 0.0348. The van der Waals surface area contributed by atoms with E-state index < -0.39 is 15.4 Å². The van der Waals surface area contributed by atoms with E-state index in [2.05, 4.69) is 25.6 Å². The van der Waals surface area contributed by atoms with E-state index in [0.717, 1.165) is 12.8 Å². The van der Waals surface area contributed by atoms with E-state index in [1.807, 2.05) is 0 Å². The predicted octanol–water partition coefficient (Wildman–Crippen LogP) is 1.92. The third-order valence-corrected chi connectivity index (χ3v) is 5.89. The average molecular weight is 449 g/mol. The molecule has 8 nitrogen and oxygen atoms in total. The minimum Gasteiger partial charge on any atom is -0.383 e. The maximum Gasteiger partial charge on any atom is 0.330 e. The van der Waals surface area contributed by atoms with Crippen LogP contribution in [0.1, 0.15) is 33.6 Å². The third kappa shape index (κ3) is 5.63. The summed E-state index contributed by atoms with van der Waals surface area (Å²) in [5.74, 6) is -0.315. The molecule has 146 valence electrons. The van der Waals surface area contributed by atoms with Crippen LogP contribution in [0.3, 0.4) is 0 Å². The molecule has 1 saturated heterocycles. The Morgan fingerprint density at radius 2 is 2.19 bits per heavy atom. The number of nitrogen functional groups attached to an aromatic ring is 1. The van der Waals surface area contributed by atoms with Crippen molar-refractivity contribution in [2.45, 2.75) is 38.5 Å². The highest BCUT2D eigenvalue weighted by atomic mass is 79.9. The molecule has 1 aliphatic rings. The summed E-state index contributed by atoms with van der Waals surface area (Å²) in [6, 6.07) is 1.42. The number of carbonyl (C=O) groups excluding carboxylic acids is 1. The monoisotopic (exact) mass is 448 g/mol. The first kappa shape index (κ1) is 21.1. The number of nitrogens with two attached hydrogens (primary N) is 1. The van der Waals surface area contributed by atoms with Crippen molar-refractivity contribution in [1.29, 1.82) is 0 Å². The highest BCUT2D eigenvalue weighted by Gasteiger charge is 2.29. The van der Waals surface area contributed by atoms with Gasteiger partial charge in [-0.15, -0.1) is 5.06 Å². The highest BCUT2D eigenvalue weighted by Crippen LogP contribution is 2.23. The molecule has 0 unspecified atom stereocenters. The maximum absolute atomic E-state index is 12.5. The molecule has 10 heteroatoms. The quantitative estimate of drug-likeness (QED) is 0.706. The largest absolute Gasteiger partial charge is 0.383 e. The standard InChI is InChI=1S/C16H25BrN4O4S/c1-16(2,3)15(22)25-21-6-4-5-11(10-21)8-20-26(23,24)13-7-12(17)9-19-14(13)18/h7,9,11,20H,4-6,8,10H2,1-3H3,(H2,18,19)/t11-/m0/s1. The number of halogens is 1. The van der Waals surface area contributed by atoms with Gasteiger partial charge in [0.25, 0.3) is 0 Å². The topological polar surface area (TPSA) is 115 Å². The van der Waals surface area contributed by atoms with Gasteiger partial charge in [-0.3, -0.25) is 0 Å². The molecule has 3 N–H and O–H groups in total. The Morgan fingerprint density at radius 3 is 2.85 bits per heavy atom. The molecule has 1 atom stereocenters. The molecule has 0 bridgehead atoms. The second-order valence-electron chi connectivity index (χ2n) is 7.41. The number of pyridine rings is 1. The van der Waals surface area contributed by atoms with Gasteiger partial charge >= 0.3 is 5.97 Å². The second-order valence-corrected chi connectivity index (χ2v) is 10.1. The summed E-state index contributed by atoms with van der Waals surface area (Å²) in [6.45, 7) is 6.74. The van der Waals surface area contributed by atoms with Crippen molar-refractivity contribution < 1.29 is 18.0 Å². The van der Waals surface area contributed by atoms with Gasteiger partial charge in [-0.2, -0.15) is 0 Å². The Balaban J connectivity index is 1.96. The van der Waals surface area contributed by atoms with Crippen LogP contribution in [0.15, 0.2) is 21.6 Å². The van der Waals surface area contributed by atoms with Gasteiger partial charge < -0.3 is 10.6 Å². The summed E-state index contributed by atoms with van der Waals surface area (Å²) in [4.78, 5) is 21.2. The van der Waals surface area contributed by atoms with Gasteiger partial charge in [0.1, 0.15) is 10.7 Å². The lowest BCUT2D eigenvalue weighted by molar-refractivity contribution is -0.207. The first-order valence-electron chi connectivity index (χ1n) is 8.37. The molecule has 1 aromatic rings. The van der Waals surface area contributed by atoms with Crippen molar-refractivity contribution in [2.24, 2.45) is 11.3 Å². The molecule has 0 aliphatic carbocycles. The lowest BCUT2D eigenvalue weighted by Gasteiger charge is -2.32. The zero-order valence-corrected chi connectivity index (χ0v) is 17.6. The second kappa shape index (κ2) is 8.20. The Labute approximate surface area is 162 Å². The van der Waals surface area contributed by atoms with Crippen LogP contribution in [0.25, 0.3) is 0 Å². The first-order valence-corrected chi connectivity index (χ1v) is 10.6. The number of hydroxylamine groups is 2. The molecule has 26 heavy (non-hydrogen) atoms. The van der Waals surface area contributed by atoms with Gasteiger partial charge in [-0.25, -0.2) is 22.9 Å². The number of aromatic nitrogens is 1. The molecule has 1 aromatic heterocycles. The Kier molecular flexibility index (Phi) is 6.65. The SMILES string of the molecule is CC(C)(C)C(=O)ON1CCC[C@@H](CNS(=O)(=O)c2cc(Br)cnc2N)C1. The number of hydrogen-bond acceptors (Lipinski definition) is 7. The molecule has 0 radical (unpaired) electrons. The van der Waals surface area contributed by atoms with Crippen LogP contribution in [0.5, 0.6) is 0 Å². The van der Waals surface area contributed by atoms with Crippen molar-refractivity contribution in [2.75, 3.05) is 25.4 Å². The average Bonchev–Trinajstić information content (AvgIpc) is 2.55. The Bertz CT molecular complexity index is 764. The van der Waals surface area contributed by atoms with Crippen LogP contribution in [0, 0.1) is 11.3 Å². The van der Waals surface area contributed by atoms with Crippen molar-refractivity contribution in [3.63, 3.8) is 0 Å². The normalized spacial score (nSPS) is 19.3. The number of piperidine rings is 1. The summed E-state index contributed by atoms with van der Waals surface area (Å²) in [7, 11) is -3.77. The number of carbonyl (C=O) groups is 1. The number of anilines is 1. The van der Waals surface area contributed by atoms with Gasteiger partial charge in [0, 0.05) is 30.3 Å². The molecule has 2 heterocycles. The lowest BCUT2D eigenvalue weighted by Crippen LogP contribution is -2.43. The molecule has 1 fully saturated rings. The third-order valence-electron chi connectivity index (χ3n) is 4.01. The number of hydrogen-bond donors (Lipinski definition) is 2. The van der Waals surface area contributed by atoms with E-state index in [-0.39, 0.29) is 29.1 Å². The molecule has 0 amide bonds. The van der Waals surface area contributed by atoms with Crippen LogP contribution in [0.4, 0.5) is 5.82 Å². The zero-order chi connectivity index (χ0) is 19.5. The molecule has 1 aliphatic heterocycles. The number of rotatable bonds is 5. The van der Waals surface area contributed by atoms with Gasteiger partial charge in [0.15, 0.2) is 0 Å². The Hall–Kier alpha value is -1.23. The number of sulfonamides is 1. The lowest BCUT2D eigenvalue weighted by atomic mass is 9.97. The number of nitrogens with one attached hydrogen (secondary N) is 1. The minimum atomic E-state index is -3.77.